The van der Waals surface area contributed by atoms with Crippen molar-refractivity contribution in [2.75, 3.05) is 5.33 Å². The monoisotopic (exact) mass is 322 g/mol. The van der Waals surface area contributed by atoms with Crippen molar-refractivity contribution in [2.24, 2.45) is 0 Å². The molecule has 1 heteroatoms. The molecular formula is C18H27Br. The molecule has 0 nitrogen and oxygen atoms in total. The van der Waals surface area contributed by atoms with Crippen LogP contribution in [0.5, 0.6) is 0 Å². The lowest BCUT2D eigenvalue weighted by Gasteiger charge is -2.00. The maximum absolute atomic E-state index is 3.48. The second-order valence-electron chi connectivity index (χ2n) is 5.12. The van der Waals surface area contributed by atoms with E-state index < -0.39 is 0 Å². The lowest BCUT2D eigenvalue weighted by atomic mass is 10.1. The van der Waals surface area contributed by atoms with Crippen molar-refractivity contribution in [1.82, 2.24) is 0 Å². The van der Waals surface area contributed by atoms with Crippen LogP contribution >= 0.6 is 15.9 Å². The first-order valence-electron chi connectivity index (χ1n) is 7.71. The number of alkyl halides is 1. The van der Waals surface area contributed by atoms with E-state index in [0.717, 1.165) is 0 Å². The van der Waals surface area contributed by atoms with Crippen LogP contribution in [0.3, 0.4) is 0 Å². The first kappa shape index (κ1) is 16.5. The molecule has 0 unspecified atom stereocenters. The lowest BCUT2D eigenvalue weighted by Crippen LogP contribution is -1.81. The fraction of sp³-hybridized carbons (Fsp3) is 0.556. The van der Waals surface area contributed by atoms with Crippen molar-refractivity contribution in [2.45, 2.75) is 57.8 Å². The van der Waals surface area contributed by atoms with Gasteiger partial charge in [0.25, 0.3) is 0 Å². The highest BCUT2D eigenvalue weighted by Crippen LogP contribution is 2.11. The van der Waals surface area contributed by atoms with E-state index in [0.29, 0.717) is 0 Å². The number of unbranched alkanes of at least 4 members (excludes halogenated alkanes) is 8. The number of allylic oxidation sites excluding steroid dienone is 1. The Hall–Kier alpha value is -0.560. The minimum atomic E-state index is 1.17. The molecule has 0 fully saturated rings. The molecule has 0 amide bonds. The first-order valence-corrected chi connectivity index (χ1v) is 8.83. The third-order valence-electron chi connectivity index (χ3n) is 3.36. The van der Waals surface area contributed by atoms with Crippen LogP contribution in [0.25, 0.3) is 6.08 Å². The van der Waals surface area contributed by atoms with Crippen LogP contribution in [0.15, 0.2) is 36.4 Å². The molecule has 0 aliphatic rings. The van der Waals surface area contributed by atoms with Crippen molar-refractivity contribution in [3.8, 4) is 0 Å². The van der Waals surface area contributed by atoms with Crippen LogP contribution in [0.2, 0.25) is 0 Å². The van der Waals surface area contributed by atoms with Crippen LogP contribution < -0.4 is 0 Å². The molecule has 0 heterocycles. The largest absolute Gasteiger partial charge is 0.0928 e. The van der Waals surface area contributed by atoms with Gasteiger partial charge in [-0.3, -0.25) is 0 Å². The number of hydrogen-bond acceptors (Lipinski definition) is 0. The summed E-state index contributed by atoms with van der Waals surface area (Å²) in [5.41, 5.74) is 1.31. The van der Waals surface area contributed by atoms with Crippen LogP contribution in [-0.2, 0) is 0 Å². The maximum Gasteiger partial charge on any atom is 0.00313 e. The summed E-state index contributed by atoms with van der Waals surface area (Å²) in [6.07, 6.45) is 16.9. The van der Waals surface area contributed by atoms with Gasteiger partial charge in [-0.25, -0.2) is 0 Å². The first-order chi connectivity index (χ1) is 9.43. The highest BCUT2D eigenvalue weighted by molar-refractivity contribution is 9.09. The Bertz CT molecular complexity index is 316. The van der Waals surface area contributed by atoms with Gasteiger partial charge in [-0.2, -0.15) is 0 Å². The summed E-state index contributed by atoms with van der Waals surface area (Å²) in [6.45, 7) is 0. The average molecular weight is 323 g/mol. The van der Waals surface area contributed by atoms with Gasteiger partial charge < -0.3 is 0 Å². The highest BCUT2D eigenvalue weighted by atomic mass is 79.9. The average Bonchev–Trinajstić information content (AvgIpc) is 2.46. The Morgan fingerprint density at radius 3 is 1.95 bits per heavy atom. The van der Waals surface area contributed by atoms with E-state index in [9.17, 15) is 0 Å². The molecule has 1 rings (SSSR count). The summed E-state index contributed by atoms with van der Waals surface area (Å²) in [5.74, 6) is 0. The van der Waals surface area contributed by atoms with E-state index in [1.807, 2.05) is 0 Å². The molecule has 0 saturated carbocycles. The summed E-state index contributed by atoms with van der Waals surface area (Å²) in [6, 6.07) is 10.6. The summed E-state index contributed by atoms with van der Waals surface area (Å²) in [4.78, 5) is 0. The zero-order valence-electron chi connectivity index (χ0n) is 12.0. The number of benzene rings is 1. The number of halogens is 1. The van der Waals surface area contributed by atoms with E-state index in [1.54, 1.807) is 0 Å². The minimum absolute atomic E-state index is 1.17. The van der Waals surface area contributed by atoms with Crippen LogP contribution in [0.4, 0.5) is 0 Å². The van der Waals surface area contributed by atoms with E-state index in [4.69, 9.17) is 0 Å². The molecule has 0 spiro atoms. The molecule has 0 bridgehead atoms. The Balaban J connectivity index is 1.87. The number of hydrogen-bond donors (Lipinski definition) is 0. The third kappa shape index (κ3) is 9.95. The second kappa shape index (κ2) is 12.5. The summed E-state index contributed by atoms with van der Waals surface area (Å²) >= 11 is 3.48. The summed E-state index contributed by atoms with van der Waals surface area (Å²) in [5, 5.41) is 1.17. The molecule has 0 saturated heterocycles. The Labute approximate surface area is 127 Å². The molecule has 0 radical (unpaired) electrons. The third-order valence-corrected chi connectivity index (χ3v) is 3.93. The van der Waals surface area contributed by atoms with Gasteiger partial charge in [-0.05, 0) is 24.8 Å². The maximum atomic E-state index is 3.48. The van der Waals surface area contributed by atoms with Gasteiger partial charge in [0, 0.05) is 5.33 Å². The Morgan fingerprint density at radius 2 is 1.32 bits per heavy atom. The molecular weight excluding hydrogens is 296 g/mol. The normalized spacial score (nSPS) is 11.2. The van der Waals surface area contributed by atoms with Crippen molar-refractivity contribution >= 4 is 22.0 Å². The predicted octanol–water partition coefficient (Wildman–Crippen LogP) is 6.61. The van der Waals surface area contributed by atoms with E-state index >= 15 is 0 Å². The molecule has 0 atom stereocenters. The summed E-state index contributed by atoms with van der Waals surface area (Å²) < 4.78 is 0. The fourth-order valence-corrected chi connectivity index (χ4v) is 2.60. The zero-order valence-corrected chi connectivity index (χ0v) is 13.6. The van der Waals surface area contributed by atoms with E-state index in [-0.39, 0.29) is 0 Å². The van der Waals surface area contributed by atoms with E-state index in [1.165, 1.54) is 68.7 Å². The lowest BCUT2D eigenvalue weighted by molar-refractivity contribution is 0.579. The summed E-state index contributed by atoms with van der Waals surface area (Å²) in [7, 11) is 0. The number of rotatable bonds is 11. The van der Waals surface area contributed by atoms with Gasteiger partial charge in [-0.1, -0.05) is 96.9 Å². The molecule has 1 aromatic rings. The van der Waals surface area contributed by atoms with Gasteiger partial charge in [-0.15, -0.1) is 0 Å². The van der Waals surface area contributed by atoms with Crippen molar-refractivity contribution in [3.63, 3.8) is 0 Å². The van der Waals surface area contributed by atoms with Crippen molar-refractivity contribution < 1.29 is 0 Å². The minimum Gasteiger partial charge on any atom is -0.0928 e. The SMILES string of the molecule is BrCCCCCCCCCCC=Cc1ccccc1. The van der Waals surface area contributed by atoms with Crippen LogP contribution in [0.1, 0.15) is 63.4 Å². The molecule has 0 aliphatic carbocycles. The highest BCUT2D eigenvalue weighted by Gasteiger charge is 1.91. The van der Waals surface area contributed by atoms with Crippen LogP contribution in [0, 0.1) is 0 Å². The molecule has 106 valence electrons. The molecule has 0 aromatic heterocycles. The van der Waals surface area contributed by atoms with Gasteiger partial charge in [0.2, 0.25) is 0 Å². The zero-order chi connectivity index (χ0) is 13.6. The molecule has 19 heavy (non-hydrogen) atoms. The van der Waals surface area contributed by atoms with Crippen molar-refractivity contribution in [1.29, 1.82) is 0 Å². The van der Waals surface area contributed by atoms with Crippen LogP contribution in [-0.4, -0.2) is 5.33 Å². The van der Waals surface area contributed by atoms with Gasteiger partial charge in [0.05, 0.1) is 0 Å². The second-order valence-corrected chi connectivity index (χ2v) is 5.91. The molecule has 0 N–H and O–H groups in total. The quantitative estimate of drug-likeness (QED) is 0.318. The molecule has 0 aliphatic heterocycles. The predicted molar refractivity (Wildman–Crippen MR) is 90.8 cm³/mol. The molecule has 1 aromatic carbocycles. The fourth-order valence-electron chi connectivity index (χ4n) is 2.20. The van der Waals surface area contributed by atoms with E-state index in [2.05, 4.69) is 58.4 Å². The Morgan fingerprint density at radius 1 is 0.737 bits per heavy atom. The van der Waals surface area contributed by atoms with Gasteiger partial charge >= 0.3 is 0 Å². The van der Waals surface area contributed by atoms with Crippen molar-refractivity contribution in [3.05, 3.63) is 42.0 Å². The smallest absolute Gasteiger partial charge is 0.00313 e. The van der Waals surface area contributed by atoms with Gasteiger partial charge in [0.1, 0.15) is 0 Å². The topological polar surface area (TPSA) is 0 Å². The standard InChI is InChI=1S/C18H27Br/c19-17-13-8-6-4-2-1-3-5-7-10-14-18-15-11-9-12-16-18/h9-12,14-16H,1-8,13,17H2. The Kier molecular flexibility index (Phi) is 10.8. The van der Waals surface area contributed by atoms with Gasteiger partial charge in [0.15, 0.2) is 0 Å².